The fraction of sp³-hybridized carbons (Fsp3) is 0.231. The lowest BCUT2D eigenvalue weighted by atomic mass is 10.2. The standard InChI is InChI=1S/C13H11BrN2O3/c14-12-11(4-8-19-12)13(17)16(6-2-5-15)9-10-3-1-7-18-10/h1,3-4,7-8H,2,6,9H2. The van der Waals surface area contributed by atoms with Crippen LogP contribution in [0.1, 0.15) is 22.5 Å². The highest BCUT2D eigenvalue weighted by molar-refractivity contribution is 9.10. The number of hydrogen-bond donors (Lipinski definition) is 0. The van der Waals surface area contributed by atoms with Crippen molar-refractivity contribution < 1.29 is 13.6 Å². The van der Waals surface area contributed by atoms with E-state index in [1.54, 1.807) is 29.4 Å². The summed E-state index contributed by atoms with van der Waals surface area (Å²) in [6.07, 6.45) is 3.25. The van der Waals surface area contributed by atoms with Crippen LogP contribution in [0.3, 0.4) is 0 Å². The van der Waals surface area contributed by atoms with Crippen molar-refractivity contribution in [2.75, 3.05) is 6.54 Å². The summed E-state index contributed by atoms with van der Waals surface area (Å²) < 4.78 is 10.7. The van der Waals surface area contributed by atoms with E-state index in [0.717, 1.165) is 0 Å². The molecule has 0 aliphatic rings. The first-order valence-corrected chi connectivity index (χ1v) is 6.43. The van der Waals surface area contributed by atoms with Gasteiger partial charge in [0.2, 0.25) is 0 Å². The van der Waals surface area contributed by atoms with E-state index in [4.69, 9.17) is 14.1 Å². The molecule has 19 heavy (non-hydrogen) atoms. The summed E-state index contributed by atoms with van der Waals surface area (Å²) in [6, 6.07) is 7.17. The molecule has 0 radical (unpaired) electrons. The molecule has 0 aliphatic heterocycles. The molecule has 5 nitrogen and oxygen atoms in total. The van der Waals surface area contributed by atoms with Gasteiger partial charge in [-0.1, -0.05) is 0 Å². The predicted octanol–water partition coefficient (Wildman–Crippen LogP) is 3.19. The Morgan fingerprint density at radius 3 is 2.79 bits per heavy atom. The Balaban J connectivity index is 2.15. The van der Waals surface area contributed by atoms with Gasteiger partial charge in [-0.15, -0.1) is 0 Å². The summed E-state index contributed by atoms with van der Waals surface area (Å²) in [7, 11) is 0. The highest BCUT2D eigenvalue weighted by atomic mass is 79.9. The van der Waals surface area contributed by atoms with Gasteiger partial charge in [0.25, 0.3) is 5.91 Å². The summed E-state index contributed by atoms with van der Waals surface area (Å²) in [5.41, 5.74) is 0.435. The van der Waals surface area contributed by atoms with Gasteiger partial charge in [0.1, 0.15) is 5.76 Å². The summed E-state index contributed by atoms with van der Waals surface area (Å²) in [4.78, 5) is 13.9. The first kappa shape index (κ1) is 13.4. The summed E-state index contributed by atoms with van der Waals surface area (Å²) in [5, 5.41) is 8.67. The average Bonchev–Trinajstić information content (AvgIpc) is 3.05. The third-order valence-corrected chi connectivity index (χ3v) is 3.17. The minimum atomic E-state index is -0.202. The molecule has 2 rings (SSSR count). The van der Waals surface area contributed by atoms with Crippen LogP contribution in [-0.4, -0.2) is 17.4 Å². The molecular formula is C13H11BrN2O3. The first-order valence-electron chi connectivity index (χ1n) is 5.64. The van der Waals surface area contributed by atoms with Crippen molar-refractivity contribution in [3.63, 3.8) is 0 Å². The molecule has 0 atom stereocenters. The van der Waals surface area contributed by atoms with E-state index in [-0.39, 0.29) is 12.3 Å². The number of hydrogen-bond acceptors (Lipinski definition) is 4. The van der Waals surface area contributed by atoms with Gasteiger partial charge in [0.05, 0.1) is 37.1 Å². The Morgan fingerprint density at radius 2 is 2.21 bits per heavy atom. The minimum Gasteiger partial charge on any atom is -0.467 e. The topological polar surface area (TPSA) is 70.4 Å². The highest BCUT2D eigenvalue weighted by Gasteiger charge is 2.20. The number of carbonyl (C=O) groups excluding carboxylic acids is 1. The number of carbonyl (C=O) groups is 1. The maximum Gasteiger partial charge on any atom is 0.258 e. The van der Waals surface area contributed by atoms with Crippen LogP contribution in [0.15, 0.2) is 44.2 Å². The lowest BCUT2D eigenvalue weighted by Gasteiger charge is -2.19. The third kappa shape index (κ3) is 3.26. The minimum absolute atomic E-state index is 0.202. The van der Waals surface area contributed by atoms with Gasteiger partial charge in [-0.2, -0.15) is 5.26 Å². The molecule has 2 aromatic rings. The monoisotopic (exact) mass is 322 g/mol. The van der Waals surface area contributed by atoms with Crippen molar-refractivity contribution in [2.24, 2.45) is 0 Å². The first-order chi connectivity index (χ1) is 9.22. The molecular weight excluding hydrogens is 312 g/mol. The zero-order chi connectivity index (χ0) is 13.7. The summed E-state index contributed by atoms with van der Waals surface area (Å²) >= 11 is 3.18. The second-order valence-electron chi connectivity index (χ2n) is 3.82. The SMILES string of the molecule is N#CCCN(Cc1ccco1)C(=O)c1ccoc1Br. The fourth-order valence-corrected chi connectivity index (χ4v) is 2.05. The van der Waals surface area contributed by atoms with E-state index in [1.807, 2.05) is 6.07 Å². The molecule has 0 spiro atoms. The largest absolute Gasteiger partial charge is 0.467 e. The second kappa shape index (κ2) is 6.25. The Hall–Kier alpha value is -2.00. The number of halogens is 1. The molecule has 0 fully saturated rings. The van der Waals surface area contributed by atoms with E-state index in [2.05, 4.69) is 15.9 Å². The van der Waals surface area contributed by atoms with E-state index in [9.17, 15) is 4.79 Å². The lowest BCUT2D eigenvalue weighted by molar-refractivity contribution is 0.0733. The van der Waals surface area contributed by atoms with E-state index < -0.39 is 0 Å². The molecule has 0 aliphatic carbocycles. The Kier molecular flexibility index (Phi) is 4.42. The Bertz CT molecular complexity index is 583. The van der Waals surface area contributed by atoms with Crippen LogP contribution in [-0.2, 0) is 6.54 Å². The number of amides is 1. The van der Waals surface area contributed by atoms with Crippen LogP contribution >= 0.6 is 15.9 Å². The van der Waals surface area contributed by atoms with Gasteiger partial charge in [-0.25, -0.2) is 0 Å². The van der Waals surface area contributed by atoms with Crippen molar-refractivity contribution in [3.05, 3.63) is 46.7 Å². The van der Waals surface area contributed by atoms with Crippen molar-refractivity contribution in [1.29, 1.82) is 5.26 Å². The fourth-order valence-electron chi connectivity index (χ4n) is 1.64. The van der Waals surface area contributed by atoms with Gasteiger partial charge >= 0.3 is 0 Å². The number of rotatable bonds is 5. The van der Waals surface area contributed by atoms with Crippen molar-refractivity contribution >= 4 is 21.8 Å². The van der Waals surface area contributed by atoms with Gasteiger partial charge in [-0.3, -0.25) is 4.79 Å². The molecule has 6 heteroatoms. The average molecular weight is 323 g/mol. The molecule has 2 heterocycles. The molecule has 0 saturated heterocycles. The second-order valence-corrected chi connectivity index (χ2v) is 4.54. The van der Waals surface area contributed by atoms with Gasteiger partial charge in [-0.05, 0) is 34.1 Å². The van der Waals surface area contributed by atoms with Crippen LogP contribution in [0, 0.1) is 11.3 Å². The predicted molar refractivity (Wildman–Crippen MR) is 70.1 cm³/mol. The number of nitriles is 1. The molecule has 2 aromatic heterocycles. The molecule has 0 N–H and O–H groups in total. The zero-order valence-electron chi connectivity index (χ0n) is 10.0. The number of nitrogens with zero attached hydrogens (tertiary/aromatic N) is 2. The number of furan rings is 2. The van der Waals surface area contributed by atoms with Crippen molar-refractivity contribution in [2.45, 2.75) is 13.0 Å². The molecule has 1 amide bonds. The molecule has 0 aromatic carbocycles. The van der Waals surface area contributed by atoms with Crippen LogP contribution in [0.2, 0.25) is 0 Å². The van der Waals surface area contributed by atoms with Crippen molar-refractivity contribution in [3.8, 4) is 6.07 Å². The molecule has 0 unspecified atom stereocenters. The highest BCUT2D eigenvalue weighted by Crippen LogP contribution is 2.20. The summed E-state index contributed by atoms with van der Waals surface area (Å²) in [5.74, 6) is 0.471. The summed E-state index contributed by atoms with van der Waals surface area (Å²) in [6.45, 7) is 0.665. The van der Waals surface area contributed by atoms with Gasteiger partial charge in [0, 0.05) is 6.54 Å². The molecule has 0 saturated carbocycles. The van der Waals surface area contributed by atoms with Crippen LogP contribution in [0.4, 0.5) is 0 Å². The normalized spacial score (nSPS) is 10.1. The Morgan fingerprint density at radius 1 is 1.37 bits per heavy atom. The zero-order valence-corrected chi connectivity index (χ0v) is 11.6. The van der Waals surface area contributed by atoms with Crippen LogP contribution < -0.4 is 0 Å². The van der Waals surface area contributed by atoms with E-state index >= 15 is 0 Å². The quantitative estimate of drug-likeness (QED) is 0.847. The smallest absolute Gasteiger partial charge is 0.258 e. The third-order valence-electron chi connectivity index (χ3n) is 2.56. The van der Waals surface area contributed by atoms with Gasteiger partial charge in [0.15, 0.2) is 4.67 Å². The van der Waals surface area contributed by atoms with Crippen LogP contribution in [0.25, 0.3) is 0 Å². The van der Waals surface area contributed by atoms with E-state index in [1.165, 1.54) is 6.26 Å². The van der Waals surface area contributed by atoms with Gasteiger partial charge < -0.3 is 13.7 Å². The molecule has 0 bridgehead atoms. The molecule has 98 valence electrons. The van der Waals surface area contributed by atoms with Crippen LogP contribution in [0.5, 0.6) is 0 Å². The Labute approximate surface area is 118 Å². The van der Waals surface area contributed by atoms with Crippen molar-refractivity contribution in [1.82, 2.24) is 4.90 Å². The lowest BCUT2D eigenvalue weighted by Crippen LogP contribution is -2.31. The maximum absolute atomic E-state index is 12.3. The maximum atomic E-state index is 12.3. The van der Waals surface area contributed by atoms with E-state index in [0.29, 0.717) is 29.1 Å².